The van der Waals surface area contributed by atoms with Crippen molar-refractivity contribution in [3.63, 3.8) is 0 Å². The second-order valence-corrected chi connectivity index (χ2v) is 3.22. The van der Waals surface area contributed by atoms with Crippen molar-refractivity contribution in [3.05, 3.63) is 46.0 Å². The fourth-order valence-electron chi connectivity index (χ4n) is 0.744. The van der Waals surface area contributed by atoms with Gasteiger partial charge >= 0.3 is 4.70 Å². The topological polar surface area (TPSA) is 43.1 Å². The molecule has 0 bridgehead atoms. The van der Waals surface area contributed by atoms with Crippen LogP contribution in [0, 0.1) is 10.1 Å². The zero-order valence-corrected chi connectivity index (χ0v) is 7.49. The molecule has 0 aliphatic heterocycles. The van der Waals surface area contributed by atoms with Crippen molar-refractivity contribution in [2.75, 3.05) is 0 Å². The van der Waals surface area contributed by atoms with Crippen LogP contribution in [0.5, 0.6) is 0 Å². The molecule has 1 aromatic rings. The van der Waals surface area contributed by atoms with Gasteiger partial charge in [-0.25, -0.2) is 0 Å². The molecule has 0 amide bonds. The summed E-state index contributed by atoms with van der Waals surface area (Å²) in [7, 11) is 0. The molecule has 0 fully saturated rings. The number of nitro groups is 1. The van der Waals surface area contributed by atoms with Crippen LogP contribution in [0.2, 0.25) is 0 Å². The summed E-state index contributed by atoms with van der Waals surface area (Å²) < 4.78 is 10.5. The molecule has 1 unspecified atom stereocenters. The number of hydrogen-bond donors (Lipinski definition) is 0. The lowest BCUT2D eigenvalue weighted by molar-refractivity contribution is -0.576. The maximum Gasteiger partial charge on any atom is 0.439 e. The molecule has 0 aliphatic rings. The molecule has 1 rings (SSSR count). The standard InChI is InChI=1S/C7H5BrFNO2/c8-7(9,10(11)12)6-4-2-1-3-5-6/h1-5H. The third-order valence-corrected chi connectivity index (χ3v) is 2.10. The van der Waals surface area contributed by atoms with Gasteiger partial charge in [-0.15, -0.1) is 0 Å². The van der Waals surface area contributed by atoms with Crippen LogP contribution in [0.4, 0.5) is 4.39 Å². The Hall–Kier alpha value is -0.970. The lowest BCUT2D eigenvalue weighted by atomic mass is 10.2. The van der Waals surface area contributed by atoms with Crippen molar-refractivity contribution >= 4 is 15.9 Å². The number of rotatable bonds is 2. The van der Waals surface area contributed by atoms with Crippen molar-refractivity contribution in [1.82, 2.24) is 0 Å². The predicted molar refractivity (Wildman–Crippen MR) is 45.1 cm³/mol. The Kier molecular flexibility index (Phi) is 2.42. The minimum atomic E-state index is -2.67. The summed E-state index contributed by atoms with van der Waals surface area (Å²) in [4.78, 5) is 9.18. The van der Waals surface area contributed by atoms with E-state index in [0.717, 1.165) is 0 Å². The summed E-state index contributed by atoms with van der Waals surface area (Å²) in [5.41, 5.74) is -0.0185. The van der Waals surface area contributed by atoms with Crippen LogP contribution in [0.25, 0.3) is 0 Å². The first-order valence-electron chi connectivity index (χ1n) is 3.13. The molecule has 0 saturated carbocycles. The lowest BCUT2D eigenvalue weighted by Gasteiger charge is -2.08. The van der Waals surface area contributed by atoms with Gasteiger partial charge in [0.05, 0.1) is 10.5 Å². The number of hydrogen-bond acceptors (Lipinski definition) is 2. The second kappa shape index (κ2) is 3.18. The third kappa shape index (κ3) is 1.61. The molecule has 0 N–H and O–H groups in total. The van der Waals surface area contributed by atoms with Gasteiger partial charge in [0.25, 0.3) is 0 Å². The van der Waals surface area contributed by atoms with Crippen molar-refractivity contribution in [2.24, 2.45) is 0 Å². The normalized spacial score (nSPS) is 15.2. The molecule has 3 nitrogen and oxygen atoms in total. The van der Waals surface area contributed by atoms with Crippen LogP contribution in [-0.2, 0) is 4.70 Å². The molecule has 0 spiro atoms. The summed E-state index contributed by atoms with van der Waals surface area (Å²) in [6.07, 6.45) is 0. The van der Waals surface area contributed by atoms with Crippen LogP contribution in [-0.4, -0.2) is 4.92 Å². The van der Waals surface area contributed by atoms with Crippen molar-refractivity contribution in [1.29, 1.82) is 0 Å². The molecule has 12 heavy (non-hydrogen) atoms. The molecule has 0 aliphatic carbocycles. The minimum absolute atomic E-state index is 0.0185. The Morgan fingerprint density at radius 2 is 1.92 bits per heavy atom. The molecular formula is C7H5BrFNO2. The van der Waals surface area contributed by atoms with Gasteiger partial charge in [-0.1, -0.05) is 18.2 Å². The highest BCUT2D eigenvalue weighted by Gasteiger charge is 2.41. The fraction of sp³-hybridized carbons (Fsp3) is 0.143. The Balaban J connectivity index is 3.06. The highest BCUT2D eigenvalue weighted by molar-refractivity contribution is 9.09. The summed E-state index contributed by atoms with van der Waals surface area (Å²) in [6, 6.07) is 7.42. The first kappa shape index (κ1) is 9.12. The highest BCUT2D eigenvalue weighted by Crippen LogP contribution is 2.32. The molecule has 0 heterocycles. The Bertz CT molecular complexity index is 289. The van der Waals surface area contributed by atoms with Crippen molar-refractivity contribution in [3.8, 4) is 0 Å². The molecule has 0 aromatic heterocycles. The van der Waals surface area contributed by atoms with Gasteiger partial charge in [0.2, 0.25) is 0 Å². The van der Waals surface area contributed by atoms with Crippen LogP contribution in [0.3, 0.4) is 0 Å². The van der Waals surface area contributed by atoms with E-state index in [4.69, 9.17) is 0 Å². The van der Waals surface area contributed by atoms with E-state index in [9.17, 15) is 14.5 Å². The predicted octanol–water partition coefficient (Wildman–Crippen LogP) is 2.44. The van der Waals surface area contributed by atoms with E-state index in [1.807, 2.05) is 0 Å². The number of nitrogens with zero attached hydrogens (tertiary/aromatic N) is 1. The van der Waals surface area contributed by atoms with E-state index in [2.05, 4.69) is 15.9 Å². The van der Waals surface area contributed by atoms with E-state index in [0.29, 0.717) is 0 Å². The van der Waals surface area contributed by atoms with Gasteiger partial charge in [-0.05, 0) is 12.1 Å². The van der Waals surface area contributed by atoms with Gasteiger partial charge in [0.1, 0.15) is 0 Å². The van der Waals surface area contributed by atoms with Crippen LogP contribution >= 0.6 is 15.9 Å². The highest BCUT2D eigenvalue weighted by atomic mass is 79.9. The zero-order valence-electron chi connectivity index (χ0n) is 5.91. The van der Waals surface area contributed by atoms with E-state index < -0.39 is 9.63 Å². The van der Waals surface area contributed by atoms with E-state index in [1.165, 1.54) is 24.3 Å². The molecule has 1 aromatic carbocycles. The van der Waals surface area contributed by atoms with Crippen LogP contribution < -0.4 is 0 Å². The first-order chi connectivity index (χ1) is 5.55. The summed E-state index contributed by atoms with van der Waals surface area (Å²) in [6.45, 7) is 0. The number of halogens is 2. The van der Waals surface area contributed by atoms with E-state index >= 15 is 0 Å². The van der Waals surface area contributed by atoms with Gasteiger partial charge in [0.15, 0.2) is 0 Å². The second-order valence-electron chi connectivity index (χ2n) is 2.16. The van der Waals surface area contributed by atoms with Crippen molar-refractivity contribution < 1.29 is 9.31 Å². The molecule has 5 heteroatoms. The minimum Gasteiger partial charge on any atom is -0.260 e. The monoisotopic (exact) mass is 233 g/mol. The maximum atomic E-state index is 13.2. The SMILES string of the molecule is O=[N+]([O-])C(F)(Br)c1ccccc1. The smallest absolute Gasteiger partial charge is 0.260 e. The maximum absolute atomic E-state index is 13.2. The summed E-state index contributed by atoms with van der Waals surface area (Å²) in [5.74, 6) is 0. The molecule has 0 saturated heterocycles. The van der Waals surface area contributed by atoms with Crippen LogP contribution in [0.1, 0.15) is 5.56 Å². The fourth-order valence-corrected chi connectivity index (χ4v) is 1.01. The Morgan fingerprint density at radius 3 is 2.33 bits per heavy atom. The quantitative estimate of drug-likeness (QED) is 0.341. The average molecular weight is 234 g/mol. The van der Waals surface area contributed by atoms with E-state index in [1.54, 1.807) is 6.07 Å². The molecule has 1 atom stereocenters. The van der Waals surface area contributed by atoms with E-state index in [-0.39, 0.29) is 5.56 Å². The Labute approximate surface area is 76.5 Å². The van der Waals surface area contributed by atoms with Crippen molar-refractivity contribution in [2.45, 2.75) is 4.70 Å². The van der Waals surface area contributed by atoms with Gasteiger partial charge in [-0.3, -0.25) is 10.1 Å². The first-order valence-corrected chi connectivity index (χ1v) is 3.92. The Morgan fingerprint density at radius 1 is 1.42 bits per heavy atom. The average Bonchev–Trinajstić information content (AvgIpc) is 2.06. The van der Waals surface area contributed by atoms with Gasteiger partial charge in [-0.2, -0.15) is 4.39 Å². The molecular weight excluding hydrogens is 229 g/mol. The number of benzene rings is 1. The number of alkyl halides is 2. The van der Waals surface area contributed by atoms with Crippen LogP contribution in [0.15, 0.2) is 30.3 Å². The molecule has 64 valence electrons. The van der Waals surface area contributed by atoms with Gasteiger partial charge in [0, 0.05) is 15.9 Å². The molecule has 0 radical (unpaired) electrons. The lowest BCUT2D eigenvalue weighted by Crippen LogP contribution is -2.22. The zero-order chi connectivity index (χ0) is 9.19. The van der Waals surface area contributed by atoms with Gasteiger partial charge < -0.3 is 0 Å². The summed E-state index contributed by atoms with van der Waals surface area (Å²) in [5, 5.41) is 10.2. The summed E-state index contributed by atoms with van der Waals surface area (Å²) >= 11 is 2.39. The largest absolute Gasteiger partial charge is 0.439 e. The third-order valence-electron chi connectivity index (χ3n) is 1.35.